The van der Waals surface area contributed by atoms with Crippen LogP contribution in [0, 0.1) is 11.3 Å². The van der Waals surface area contributed by atoms with Gasteiger partial charge in [-0.2, -0.15) is 0 Å². The zero-order valence-electron chi connectivity index (χ0n) is 13.9. The molecule has 0 aliphatic rings. The molecule has 2 unspecified atom stereocenters. The first-order chi connectivity index (χ1) is 10.2. The molecule has 2 N–H and O–H groups in total. The molecule has 2 atom stereocenters. The van der Waals surface area contributed by atoms with Crippen molar-refractivity contribution in [1.82, 2.24) is 5.32 Å². The summed E-state index contributed by atoms with van der Waals surface area (Å²) in [6, 6.07) is 8.77. The van der Waals surface area contributed by atoms with E-state index in [2.05, 4.69) is 26.1 Å². The zero-order valence-corrected chi connectivity index (χ0v) is 13.9. The Bertz CT molecular complexity index is 491. The lowest BCUT2D eigenvalue weighted by molar-refractivity contribution is -0.142. The van der Waals surface area contributed by atoms with Crippen LogP contribution >= 0.6 is 0 Å². The van der Waals surface area contributed by atoms with Crippen molar-refractivity contribution in [2.24, 2.45) is 11.3 Å². The van der Waals surface area contributed by atoms with Crippen LogP contribution in [-0.4, -0.2) is 17.0 Å². The number of aliphatic carboxylic acids is 1. The van der Waals surface area contributed by atoms with Crippen molar-refractivity contribution < 1.29 is 14.7 Å². The number of nitrogens with one attached hydrogen (secondary N) is 1. The van der Waals surface area contributed by atoms with Crippen LogP contribution in [0.1, 0.15) is 58.6 Å². The van der Waals surface area contributed by atoms with Crippen LogP contribution < -0.4 is 5.32 Å². The van der Waals surface area contributed by atoms with Gasteiger partial charge in [0.1, 0.15) is 0 Å². The lowest BCUT2D eigenvalue weighted by atomic mass is 9.89. The van der Waals surface area contributed by atoms with Gasteiger partial charge in [0.2, 0.25) is 5.91 Å². The van der Waals surface area contributed by atoms with Gasteiger partial charge in [-0.25, -0.2) is 0 Å². The maximum Gasteiger partial charge on any atom is 0.308 e. The van der Waals surface area contributed by atoms with Crippen LogP contribution in [0.4, 0.5) is 0 Å². The Morgan fingerprint density at radius 1 is 1.18 bits per heavy atom. The highest BCUT2D eigenvalue weighted by molar-refractivity contribution is 5.78. The summed E-state index contributed by atoms with van der Waals surface area (Å²) in [6.07, 6.45) is 2.19. The minimum Gasteiger partial charge on any atom is -0.481 e. The normalized spacial score (nSPS) is 14.2. The number of carboxylic acids is 1. The second-order valence-corrected chi connectivity index (χ2v) is 7.00. The van der Waals surface area contributed by atoms with Gasteiger partial charge in [-0.05, 0) is 30.7 Å². The van der Waals surface area contributed by atoms with E-state index in [9.17, 15) is 14.7 Å². The van der Waals surface area contributed by atoms with Crippen molar-refractivity contribution >= 4 is 11.9 Å². The molecule has 1 amide bonds. The number of carbonyl (C=O) groups is 2. The molecule has 0 spiro atoms. The monoisotopic (exact) mass is 305 g/mol. The Kier molecular flexibility index (Phi) is 6.60. The van der Waals surface area contributed by atoms with E-state index in [1.807, 2.05) is 30.3 Å². The first-order valence-electron chi connectivity index (χ1n) is 7.78. The average Bonchev–Trinajstić information content (AvgIpc) is 2.43. The molecule has 22 heavy (non-hydrogen) atoms. The molecule has 0 saturated carbocycles. The highest BCUT2D eigenvalue weighted by atomic mass is 16.4. The predicted molar refractivity (Wildman–Crippen MR) is 87.4 cm³/mol. The minimum atomic E-state index is -0.913. The second kappa shape index (κ2) is 7.97. The number of hydrogen-bond acceptors (Lipinski definition) is 2. The molecule has 0 bridgehead atoms. The third kappa shape index (κ3) is 6.29. The van der Waals surface area contributed by atoms with Crippen molar-refractivity contribution in [3.05, 3.63) is 35.9 Å². The second-order valence-electron chi connectivity index (χ2n) is 7.00. The van der Waals surface area contributed by atoms with Gasteiger partial charge in [0, 0.05) is 6.42 Å². The van der Waals surface area contributed by atoms with Crippen molar-refractivity contribution in [3.8, 4) is 0 Å². The maximum atomic E-state index is 12.1. The molecule has 4 heteroatoms. The quantitative estimate of drug-likeness (QED) is 0.805. The molecular formula is C18H27NO3. The Morgan fingerprint density at radius 3 is 2.27 bits per heavy atom. The standard InChI is InChI=1S/C18H27NO3/c1-13(17(21)22)16(14-9-6-5-7-10-14)19-15(20)11-8-12-18(2,3)4/h5-7,9-10,13,16H,8,11-12H2,1-4H3,(H,19,20)(H,21,22). The van der Waals surface area contributed by atoms with Crippen molar-refractivity contribution in [3.63, 3.8) is 0 Å². The summed E-state index contributed by atoms with van der Waals surface area (Å²) in [5.74, 6) is -1.68. The van der Waals surface area contributed by atoms with Crippen LogP contribution in [-0.2, 0) is 9.59 Å². The highest BCUT2D eigenvalue weighted by Crippen LogP contribution is 2.24. The molecule has 0 radical (unpaired) electrons. The van der Waals surface area contributed by atoms with Crippen molar-refractivity contribution in [2.45, 2.75) is 53.0 Å². The Hall–Kier alpha value is -1.84. The summed E-state index contributed by atoms with van der Waals surface area (Å²) >= 11 is 0. The van der Waals surface area contributed by atoms with E-state index in [0.717, 1.165) is 18.4 Å². The maximum absolute atomic E-state index is 12.1. The van der Waals surface area contributed by atoms with E-state index >= 15 is 0 Å². The topological polar surface area (TPSA) is 66.4 Å². The minimum absolute atomic E-state index is 0.0915. The van der Waals surface area contributed by atoms with Crippen LogP contribution in [0.5, 0.6) is 0 Å². The zero-order chi connectivity index (χ0) is 16.8. The molecule has 1 aromatic carbocycles. The van der Waals surface area contributed by atoms with E-state index in [1.54, 1.807) is 6.92 Å². The molecular weight excluding hydrogens is 278 g/mol. The number of carbonyl (C=O) groups excluding carboxylic acids is 1. The number of rotatable bonds is 7. The third-order valence-corrected chi connectivity index (χ3v) is 3.70. The Balaban J connectivity index is 2.69. The molecule has 0 heterocycles. The van der Waals surface area contributed by atoms with E-state index in [-0.39, 0.29) is 11.3 Å². The van der Waals surface area contributed by atoms with Crippen LogP contribution in [0.25, 0.3) is 0 Å². The fourth-order valence-electron chi connectivity index (χ4n) is 2.32. The first kappa shape index (κ1) is 18.2. The van der Waals surface area contributed by atoms with E-state index in [0.29, 0.717) is 6.42 Å². The summed E-state index contributed by atoms with van der Waals surface area (Å²) < 4.78 is 0. The van der Waals surface area contributed by atoms with Crippen LogP contribution in [0.2, 0.25) is 0 Å². The molecule has 0 aliphatic heterocycles. The van der Waals surface area contributed by atoms with Gasteiger partial charge < -0.3 is 10.4 Å². The fraction of sp³-hybridized carbons (Fsp3) is 0.556. The summed E-state index contributed by atoms with van der Waals surface area (Å²) in [6.45, 7) is 8.05. The molecule has 0 aliphatic carbocycles. The van der Waals surface area contributed by atoms with Gasteiger partial charge >= 0.3 is 5.97 Å². The highest BCUT2D eigenvalue weighted by Gasteiger charge is 2.26. The van der Waals surface area contributed by atoms with E-state index in [1.165, 1.54) is 0 Å². The smallest absolute Gasteiger partial charge is 0.308 e. The average molecular weight is 305 g/mol. The predicted octanol–water partition coefficient (Wildman–Crippen LogP) is 3.78. The van der Waals surface area contributed by atoms with Gasteiger partial charge in [0.15, 0.2) is 0 Å². The largest absolute Gasteiger partial charge is 0.481 e. The third-order valence-electron chi connectivity index (χ3n) is 3.70. The SMILES string of the molecule is CC(C(=O)O)C(NC(=O)CCCC(C)(C)C)c1ccccc1. The summed E-state index contributed by atoms with van der Waals surface area (Å²) in [5.41, 5.74) is 1.02. The molecule has 122 valence electrons. The van der Waals surface area contributed by atoms with Crippen molar-refractivity contribution in [2.75, 3.05) is 0 Å². The Labute approximate surface area is 132 Å². The van der Waals surface area contributed by atoms with Gasteiger partial charge in [-0.1, -0.05) is 51.1 Å². The number of benzene rings is 1. The molecule has 0 fully saturated rings. The Morgan fingerprint density at radius 2 is 1.77 bits per heavy atom. The van der Waals surface area contributed by atoms with E-state index < -0.39 is 17.9 Å². The summed E-state index contributed by atoms with van der Waals surface area (Å²) in [7, 11) is 0. The fourth-order valence-corrected chi connectivity index (χ4v) is 2.32. The number of amides is 1. The number of carboxylic acid groups (broad SMARTS) is 1. The van der Waals surface area contributed by atoms with Crippen molar-refractivity contribution in [1.29, 1.82) is 0 Å². The van der Waals surface area contributed by atoms with E-state index in [4.69, 9.17) is 0 Å². The summed E-state index contributed by atoms with van der Waals surface area (Å²) in [4.78, 5) is 23.4. The lowest BCUT2D eigenvalue weighted by Crippen LogP contribution is -2.35. The molecule has 1 rings (SSSR count). The molecule has 0 aromatic heterocycles. The van der Waals surface area contributed by atoms with Gasteiger partial charge in [-0.3, -0.25) is 9.59 Å². The van der Waals surface area contributed by atoms with Gasteiger partial charge in [0.25, 0.3) is 0 Å². The molecule has 4 nitrogen and oxygen atoms in total. The van der Waals surface area contributed by atoms with Crippen LogP contribution in [0.3, 0.4) is 0 Å². The molecule has 1 aromatic rings. The first-order valence-corrected chi connectivity index (χ1v) is 7.78. The lowest BCUT2D eigenvalue weighted by Gasteiger charge is -2.23. The van der Waals surface area contributed by atoms with Gasteiger partial charge in [-0.15, -0.1) is 0 Å². The summed E-state index contributed by atoms with van der Waals surface area (Å²) in [5, 5.41) is 12.1. The van der Waals surface area contributed by atoms with Crippen LogP contribution in [0.15, 0.2) is 30.3 Å². The number of hydrogen-bond donors (Lipinski definition) is 2. The molecule has 0 saturated heterocycles. The van der Waals surface area contributed by atoms with Gasteiger partial charge in [0.05, 0.1) is 12.0 Å².